The number of nitrogens with one attached hydrogen (secondary N) is 1. The van der Waals surface area contributed by atoms with E-state index in [1.807, 2.05) is 0 Å². The van der Waals surface area contributed by atoms with E-state index in [2.05, 4.69) is 9.97 Å². The fraction of sp³-hybridized carbons (Fsp3) is 0.333. The fourth-order valence-electron chi connectivity index (χ4n) is 1.68. The van der Waals surface area contributed by atoms with Gasteiger partial charge in [-0.2, -0.15) is 0 Å². The Morgan fingerprint density at radius 3 is 2.55 bits per heavy atom. The van der Waals surface area contributed by atoms with Crippen LogP contribution in [0, 0.1) is 0 Å². The van der Waals surface area contributed by atoms with Gasteiger partial charge in [-0.3, -0.25) is 4.79 Å². The minimum absolute atomic E-state index is 0.0145. The van der Waals surface area contributed by atoms with Crippen LogP contribution >= 0.6 is 0 Å². The smallest absolute Gasteiger partial charge is 0.360 e. The summed E-state index contributed by atoms with van der Waals surface area (Å²) in [7, 11) is 0. The number of rotatable bonds is 4. The molecule has 1 N–H and O–H groups in total. The number of aromatic amines is 1. The van der Waals surface area contributed by atoms with Crippen LogP contribution in [0.5, 0.6) is 0 Å². The molecule has 2 aromatic heterocycles. The van der Waals surface area contributed by atoms with Gasteiger partial charge in [0.25, 0.3) is 5.56 Å². The Balaban J connectivity index is 2.52. The quantitative estimate of drug-likeness (QED) is 0.811. The summed E-state index contributed by atoms with van der Waals surface area (Å²) >= 11 is 0. The number of fused-ring (bicyclic) bond motifs is 1. The molecular formula is C12H13N3O5. The minimum Gasteiger partial charge on any atom is -0.462 e. The first-order valence-electron chi connectivity index (χ1n) is 6.03. The van der Waals surface area contributed by atoms with Gasteiger partial charge in [0.1, 0.15) is 11.9 Å². The van der Waals surface area contributed by atoms with E-state index in [9.17, 15) is 14.4 Å². The summed E-state index contributed by atoms with van der Waals surface area (Å²) in [6.07, 6.45) is 2.35. The summed E-state index contributed by atoms with van der Waals surface area (Å²) in [5, 5.41) is 0. The average Bonchev–Trinajstić information content (AvgIpc) is 2.84. The largest absolute Gasteiger partial charge is 0.462 e. The van der Waals surface area contributed by atoms with Crippen LogP contribution < -0.4 is 5.56 Å². The summed E-state index contributed by atoms with van der Waals surface area (Å²) in [5.74, 6) is -1.38. The number of carbonyl (C=O) groups excluding carboxylic acids is 2. The number of aromatic nitrogens is 3. The van der Waals surface area contributed by atoms with E-state index in [-0.39, 0.29) is 30.1 Å². The van der Waals surface area contributed by atoms with Crippen molar-refractivity contribution >= 4 is 17.6 Å². The molecule has 2 rings (SSSR count). The van der Waals surface area contributed by atoms with Crippen molar-refractivity contribution in [2.75, 3.05) is 13.2 Å². The van der Waals surface area contributed by atoms with E-state index in [1.54, 1.807) is 13.8 Å². The molecule has 8 heteroatoms. The number of esters is 2. The molecular weight excluding hydrogens is 266 g/mol. The maximum absolute atomic E-state index is 12.1. The number of H-pyrrole nitrogens is 1. The van der Waals surface area contributed by atoms with E-state index in [1.165, 1.54) is 6.20 Å². The van der Waals surface area contributed by atoms with Gasteiger partial charge in [0.15, 0.2) is 11.3 Å². The summed E-state index contributed by atoms with van der Waals surface area (Å²) in [6.45, 7) is 3.66. The summed E-state index contributed by atoms with van der Waals surface area (Å²) in [5.41, 5.74) is -0.617. The highest BCUT2D eigenvalue weighted by Crippen LogP contribution is 2.07. The van der Waals surface area contributed by atoms with Crippen LogP contribution in [0.1, 0.15) is 34.7 Å². The van der Waals surface area contributed by atoms with Crippen molar-refractivity contribution in [2.24, 2.45) is 0 Å². The van der Waals surface area contributed by atoms with Crippen LogP contribution in [-0.2, 0) is 9.47 Å². The van der Waals surface area contributed by atoms with Crippen LogP contribution in [0.4, 0.5) is 0 Å². The first-order valence-corrected chi connectivity index (χ1v) is 6.03. The molecule has 0 unspecified atom stereocenters. The van der Waals surface area contributed by atoms with Crippen molar-refractivity contribution in [2.45, 2.75) is 13.8 Å². The molecule has 0 aromatic carbocycles. The average molecular weight is 279 g/mol. The van der Waals surface area contributed by atoms with Crippen molar-refractivity contribution in [1.82, 2.24) is 14.4 Å². The molecule has 0 aliphatic rings. The molecule has 0 atom stereocenters. The maximum atomic E-state index is 12.1. The van der Waals surface area contributed by atoms with Gasteiger partial charge in [-0.25, -0.2) is 19.0 Å². The van der Waals surface area contributed by atoms with Crippen molar-refractivity contribution in [3.05, 3.63) is 34.1 Å². The third kappa shape index (κ3) is 2.27. The molecule has 0 amide bonds. The number of nitrogens with zero attached hydrogens (tertiary/aromatic N) is 2. The van der Waals surface area contributed by atoms with Crippen LogP contribution in [0.15, 0.2) is 17.3 Å². The molecule has 2 aromatic rings. The van der Waals surface area contributed by atoms with Gasteiger partial charge in [-0.1, -0.05) is 0 Å². The molecule has 0 radical (unpaired) electrons. The second-order valence-electron chi connectivity index (χ2n) is 3.76. The Hall–Kier alpha value is -2.64. The fourth-order valence-corrected chi connectivity index (χ4v) is 1.68. The van der Waals surface area contributed by atoms with Gasteiger partial charge in [0.05, 0.1) is 13.2 Å². The first-order chi connectivity index (χ1) is 9.60. The molecule has 0 fully saturated rings. The van der Waals surface area contributed by atoms with Gasteiger partial charge in [-0.15, -0.1) is 0 Å². The predicted octanol–water partition coefficient (Wildman–Crippen LogP) is 0.376. The third-order valence-electron chi connectivity index (χ3n) is 2.53. The van der Waals surface area contributed by atoms with Crippen molar-refractivity contribution < 1.29 is 19.1 Å². The lowest BCUT2D eigenvalue weighted by molar-refractivity contribution is 0.0515. The number of hydrogen-bond donors (Lipinski definition) is 1. The molecule has 0 bridgehead atoms. The van der Waals surface area contributed by atoms with Gasteiger partial charge < -0.3 is 14.5 Å². The SMILES string of the molecule is CCOC(=O)c1c[nH]c2c(C(=O)OCC)ncn2c1=O. The van der Waals surface area contributed by atoms with E-state index >= 15 is 0 Å². The zero-order valence-corrected chi connectivity index (χ0v) is 11.0. The van der Waals surface area contributed by atoms with Gasteiger partial charge in [0.2, 0.25) is 0 Å². The Kier molecular flexibility index (Phi) is 3.83. The van der Waals surface area contributed by atoms with E-state index in [4.69, 9.17) is 9.47 Å². The monoisotopic (exact) mass is 279 g/mol. The highest BCUT2D eigenvalue weighted by Gasteiger charge is 2.20. The van der Waals surface area contributed by atoms with Crippen LogP contribution in [0.25, 0.3) is 5.65 Å². The van der Waals surface area contributed by atoms with Crippen LogP contribution in [0.2, 0.25) is 0 Å². The zero-order valence-electron chi connectivity index (χ0n) is 11.0. The number of imidazole rings is 1. The van der Waals surface area contributed by atoms with Crippen LogP contribution in [0.3, 0.4) is 0 Å². The molecule has 0 aliphatic carbocycles. The van der Waals surface area contributed by atoms with E-state index in [0.717, 1.165) is 10.7 Å². The second kappa shape index (κ2) is 5.55. The lowest BCUT2D eigenvalue weighted by atomic mass is 10.3. The predicted molar refractivity (Wildman–Crippen MR) is 67.7 cm³/mol. The second-order valence-corrected chi connectivity index (χ2v) is 3.76. The molecule has 106 valence electrons. The lowest BCUT2D eigenvalue weighted by Crippen LogP contribution is -2.23. The standard InChI is InChI=1S/C12H13N3O5/c1-3-19-11(17)7-5-13-9-8(12(18)20-4-2)14-6-15(9)10(7)16/h5-6,13H,3-4H2,1-2H3. The van der Waals surface area contributed by atoms with E-state index in [0.29, 0.717) is 0 Å². The van der Waals surface area contributed by atoms with Crippen LogP contribution in [-0.4, -0.2) is 39.5 Å². The lowest BCUT2D eigenvalue weighted by Gasteiger charge is -2.02. The first kappa shape index (κ1) is 13.8. The Labute approximate surface area is 113 Å². The highest BCUT2D eigenvalue weighted by molar-refractivity contribution is 5.94. The van der Waals surface area contributed by atoms with Crippen molar-refractivity contribution in [3.63, 3.8) is 0 Å². The minimum atomic E-state index is -0.734. The summed E-state index contributed by atoms with van der Waals surface area (Å²) < 4.78 is 10.7. The molecule has 20 heavy (non-hydrogen) atoms. The van der Waals surface area contributed by atoms with E-state index < -0.39 is 17.5 Å². The molecule has 2 heterocycles. The highest BCUT2D eigenvalue weighted by atomic mass is 16.5. The number of ether oxygens (including phenoxy) is 2. The van der Waals surface area contributed by atoms with Gasteiger partial charge in [0, 0.05) is 6.20 Å². The molecule has 0 saturated heterocycles. The van der Waals surface area contributed by atoms with Gasteiger partial charge in [-0.05, 0) is 13.8 Å². The normalized spacial score (nSPS) is 10.5. The van der Waals surface area contributed by atoms with Crippen molar-refractivity contribution in [3.8, 4) is 0 Å². The zero-order chi connectivity index (χ0) is 14.7. The van der Waals surface area contributed by atoms with Crippen molar-refractivity contribution in [1.29, 1.82) is 0 Å². The number of carbonyl (C=O) groups is 2. The summed E-state index contributed by atoms with van der Waals surface area (Å²) in [4.78, 5) is 41.8. The maximum Gasteiger partial charge on any atom is 0.360 e. The molecule has 0 spiro atoms. The topological polar surface area (TPSA) is 103 Å². The van der Waals surface area contributed by atoms with Gasteiger partial charge >= 0.3 is 11.9 Å². The molecule has 0 saturated carbocycles. The molecule has 8 nitrogen and oxygen atoms in total. The Morgan fingerprint density at radius 1 is 1.25 bits per heavy atom. The number of hydrogen-bond acceptors (Lipinski definition) is 6. The third-order valence-corrected chi connectivity index (χ3v) is 2.53. The molecule has 0 aliphatic heterocycles. The Morgan fingerprint density at radius 2 is 1.90 bits per heavy atom. The summed E-state index contributed by atoms with van der Waals surface area (Å²) in [6, 6.07) is 0. The Bertz CT molecular complexity index is 715.